The third kappa shape index (κ3) is 7.92. The minimum Gasteiger partial charge on any atom is -1.00 e. The molecule has 256 valence electrons. The minimum absolute atomic E-state index is 0. The van der Waals surface area contributed by atoms with Crippen LogP contribution in [0.4, 0.5) is 0 Å². The Morgan fingerprint density at radius 3 is 1.60 bits per heavy atom. The van der Waals surface area contributed by atoms with Gasteiger partial charge in [-0.3, -0.25) is 6.08 Å². The Balaban J connectivity index is 0.000000190. The maximum Gasteiger partial charge on any atom is -1.00 e. The summed E-state index contributed by atoms with van der Waals surface area (Å²) in [4.78, 5) is 0. The monoisotopic (exact) mass is 772 g/mol. The molecule has 0 saturated carbocycles. The summed E-state index contributed by atoms with van der Waals surface area (Å²) in [6.07, 6.45) is 11.7. The number of fused-ring (bicyclic) bond motifs is 5. The molecule has 0 nitrogen and oxygen atoms in total. The molecule has 5 aromatic carbocycles. The molecule has 0 amide bonds. The summed E-state index contributed by atoms with van der Waals surface area (Å²) >= 11 is 1.54. The van der Waals surface area contributed by atoms with E-state index in [1.165, 1.54) is 108 Å². The zero-order chi connectivity index (χ0) is 34.4. The van der Waals surface area contributed by atoms with Crippen molar-refractivity contribution in [2.24, 2.45) is 5.92 Å². The normalized spacial score (nSPS) is 17.4. The Labute approximate surface area is 328 Å². The summed E-state index contributed by atoms with van der Waals surface area (Å²) < 4.78 is 1.55. The predicted octanol–water partition coefficient (Wildman–Crippen LogP) is 6.74. The van der Waals surface area contributed by atoms with Crippen molar-refractivity contribution in [1.82, 2.24) is 0 Å². The maximum atomic E-state index is 3.39. The number of hydrogen-bond acceptors (Lipinski definition) is 0. The molecule has 0 saturated heterocycles. The van der Waals surface area contributed by atoms with Gasteiger partial charge in [0.25, 0.3) is 0 Å². The molecule has 0 fully saturated rings. The van der Waals surface area contributed by atoms with Crippen molar-refractivity contribution in [3.63, 3.8) is 0 Å². The van der Waals surface area contributed by atoms with Crippen molar-refractivity contribution in [3.05, 3.63) is 154 Å². The summed E-state index contributed by atoms with van der Waals surface area (Å²) in [5, 5.41) is 5.57. The van der Waals surface area contributed by atoms with Crippen LogP contribution in [0.5, 0.6) is 0 Å². The van der Waals surface area contributed by atoms with Gasteiger partial charge in [-0.2, -0.15) is 11.6 Å². The van der Waals surface area contributed by atoms with Gasteiger partial charge in [-0.1, -0.05) is 113 Å². The molecule has 8 rings (SSSR count). The summed E-state index contributed by atoms with van der Waals surface area (Å²) in [7, 11) is 0. The molecule has 0 aliphatic heterocycles. The SMILES string of the molecule is CC1=CC(C)(C)c2cc3[cH-]c4cc5c(cc4c3cc21)C(C)=CC5(C)C.CC1=[C-]C(C)C=C1c1ccccc1.CC[C](=[Zr+2])c1ccccc1.[Cl-].[Cl-]. The Morgan fingerprint density at radius 2 is 1.18 bits per heavy atom. The van der Waals surface area contributed by atoms with E-state index in [1.54, 1.807) is 3.21 Å². The zero-order valence-electron chi connectivity index (χ0n) is 30.9. The van der Waals surface area contributed by atoms with E-state index in [0.29, 0.717) is 5.92 Å². The van der Waals surface area contributed by atoms with Gasteiger partial charge in [0.1, 0.15) is 0 Å². The van der Waals surface area contributed by atoms with Crippen LogP contribution in [0.2, 0.25) is 0 Å². The van der Waals surface area contributed by atoms with Gasteiger partial charge in [0.15, 0.2) is 0 Å². The fraction of sp³-hybridized carbons (Fsp3) is 0.277. The van der Waals surface area contributed by atoms with Crippen molar-refractivity contribution in [1.29, 1.82) is 0 Å². The first-order valence-corrected chi connectivity index (χ1v) is 18.6. The summed E-state index contributed by atoms with van der Waals surface area (Å²) in [6.45, 7) is 20.3. The Hall–Kier alpha value is -2.96. The molecule has 0 spiro atoms. The van der Waals surface area contributed by atoms with Crippen LogP contribution in [0.25, 0.3) is 38.3 Å². The number of halogens is 2. The van der Waals surface area contributed by atoms with Crippen LogP contribution in [0.15, 0.2) is 115 Å². The third-order valence-corrected chi connectivity index (χ3v) is 11.8. The second-order valence-electron chi connectivity index (χ2n) is 14.9. The van der Waals surface area contributed by atoms with Gasteiger partial charge >= 0.3 is 76.7 Å². The molecule has 0 N–H and O–H groups in total. The van der Waals surface area contributed by atoms with Crippen LogP contribution in [-0.4, -0.2) is 3.21 Å². The van der Waals surface area contributed by atoms with Crippen molar-refractivity contribution in [2.75, 3.05) is 0 Å². The van der Waals surface area contributed by atoms with Gasteiger partial charge in [0.2, 0.25) is 0 Å². The third-order valence-electron chi connectivity index (χ3n) is 10.2. The van der Waals surface area contributed by atoms with E-state index in [9.17, 15) is 0 Å². The van der Waals surface area contributed by atoms with E-state index in [1.807, 2.05) is 6.07 Å². The van der Waals surface area contributed by atoms with Crippen LogP contribution in [0, 0.1) is 12.0 Å². The van der Waals surface area contributed by atoms with E-state index < -0.39 is 0 Å². The fourth-order valence-electron chi connectivity index (χ4n) is 7.83. The van der Waals surface area contributed by atoms with Gasteiger partial charge in [0.05, 0.1) is 0 Å². The van der Waals surface area contributed by atoms with Gasteiger partial charge < -0.3 is 24.8 Å². The van der Waals surface area contributed by atoms with Gasteiger partial charge in [-0.15, -0.1) is 45.3 Å². The number of allylic oxidation sites excluding steroid dienone is 8. The molecule has 0 bridgehead atoms. The topological polar surface area (TPSA) is 0 Å². The molecular formula is C47H48Cl2Zr-2. The van der Waals surface area contributed by atoms with Gasteiger partial charge in [0, 0.05) is 10.8 Å². The van der Waals surface area contributed by atoms with E-state index in [4.69, 9.17) is 0 Å². The first-order valence-electron chi connectivity index (χ1n) is 17.4. The zero-order valence-corrected chi connectivity index (χ0v) is 34.9. The smallest absolute Gasteiger partial charge is 1.00 e. The fourth-order valence-corrected chi connectivity index (χ4v) is 8.24. The quantitative estimate of drug-likeness (QED) is 0.178. The molecule has 0 radical (unpaired) electrons. The number of rotatable bonds is 3. The van der Waals surface area contributed by atoms with E-state index in [-0.39, 0.29) is 35.6 Å². The van der Waals surface area contributed by atoms with Crippen molar-refractivity contribution in [2.45, 2.75) is 79.6 Å². The van der Waals surface area contributed by atoms with Crippen LogP contribution in [-0.2, 0) is 35.1 Å². The van der Waals surface area contributed by atoms with Crippen LogP contribution >= 0.6 is 0 Å². The molecule has 1 unspecified atom stereocenters. The van der Waals surface area contributed by atoms with E-state index >= 15 is 0 Å². The first-order chi connectivity index (χ1) is 22.8. The molecule has 0 heterocycles. The van der Waals surface area contributed by atoms with Crippen LogP contribution in [0.1, 0.15) is 102 Å². The molecule has 0 aromatic heterocycles. The molecule has 50 heavy (non-hydrogen) atoms. The van der Waals surface area contributed by atoms with Crippen LogP contribution < -0.4 is 24.8 Å². The Bertz CT molecular complexity index is 2060. The van der Waals surface area contributed by atoms with Gasteiger partial charge in [-0.25, -0.2) is 5.57 Å². The van der Waals surface area contributed by atoms with E-state index in [2.05, 4.69) is 172 Å². The second-order valence-corrected chi connectivity index (χ2v) is 16.4. The summed E-state index contributed by atoms with van der Waals surface area (Å²) in [5.41, 5.74) is 14.2. The van der Waals surface area contributed by atoms with Crippen molar-refractivity contribution in [3.8, 4) is 0 Å². The molecular weight excluding hydrogens is 727 g/mol. The van der Waals surface area contributed by atoms with Crippen molar-refractivity contribution < 1.29 is 49.0 Å². The Kier molecular flexibility index (Phi) is 12.5. The summed E-state index contributed by atoms with van der Waals surface area (Å²) in [5.74, 6) is 0.468. The van der Waals surface area contributed by atoms with Gasteiger partial charge in [-0.05, 0) is 36.1 Å². The van der Waals surface area contributed by atoms with E-state index in [0.717, 1.165) is 0 Å². The number of benzene rings is 4. The average Bonchev–Trinajstić information content (AvgIpc) is 3.74. The van der Waals surface area contributed by atoms with Crippen LogP contribution in [0.3, 0.4) is 0 Å². The van der Waals surface area contributed by atoms with Crippen molar-refractivity contribution >= 4 is 41.5 Å². The minimum atomic E-state index is 0. The second kappa shape index (κ2) is 15.7. The number of hydrogen-bond donors (Lipinski definition) is 0. The molecule has 3 aliphatic rings. The molecule has 1 atom stereocenters. The molecule has 3 aliphatic carbocycles. The predicted molar refractivity (Wildman–Crippen MR) is 207 cm³/mol. The summed E-state index contributed by atoms with van der Waals surface area (Å²) in [6, 6.07) is 33.2. The maximum absolute atomic E-state index is 3.39. The average molecular weight is 775 g/mol. The molecule has 5 aromatic rings. The largest absolute Gasteiger partial charge is 1.00 e. The standard InChI is InChI=1S/C25H25.C13H13.C9H10.2ClH.Zr/c1-14-12-24(3,4)22-8-16-7-17-9-23-19(15(2)13-25(23,5)6)11-21(17)20(16)10-18(14)22;1-10-8-11(2)13(9-10)12-6-4-3-5-7-12;1-2-6-9-7-4-3-5-8-9;;;/h7-13H,1-6H3;3-7,9-10H,1-2H3;3-5,7-8H,2H2,1H3;2*1H;/q2*-1;;;;+2/p-2. The first kappa shape index (κ1) is 39.8. The Morgan fingerprint density at radius 1 is 0.720 bits per heavy atom. The molecule has 3 heteroatoms.